The van der Waals surface area contributed by atoms with Crippen molar-refractivity contribution in [3.8, 4) is 0 Å². The minimum absolute atomic E-state index is 0.680. The van der Waals surface area contributed by atoms with Crippen molar-refractivity contribution < 1.29 is 4.79 Å². The monoisotopic (exact) mass is 1310 g/mol. The summed E-state index contributed by atoms with van der Waals surface area (Å²) in [6, 6.07) is 112. The van der Waals surface area contributed by atoms with Gasteiger partial charge in [-0.3, -0.25) is 4.79 Å². The lowest BCUT2D eigenvalue weighted by atomic mass is 10.1. The maximum Gasteiger partial charge on any atom is 0.150 e. The number of halogens is 3. The molecular weight excluding hydrogens is 1250 g/mol. The van der Waals surface area contributed by atoms with Crippen LogP contribution in [0.4, 0.5) is 51.2 Å². The summed E-state index contributed by atoms with van der Waals surface area (Å²) in [6.07, 6.45) is 10.5. The average molecular weight is 1310 g/mol. The molecule has 86 heavy (non-hydrogen) atoms. The number of nitrogens with zero attached hydrogens (tertiary/aromatic N) is 3. The van der Waals surface area contributed by atoms with E-state index in [-0.39, 0.29) is 0 Å². The smallest absolute Gasteiger partial charge is 0.150 e. The maximum atomic E-state index is 10.8. The van der Waals surface area contributed by atoms with Crippen molar-refractivity contribution in [2.24, 2.45) is 0 Å². The first-order chi connectivity index (χ1) is 42.3. The maximum absolute atomic E-state index is 10.8. The molecule has 0 unspecified atom stereocenters. The molecule has 0 atom stereocenters. The molecule has 7 heteroatoms. The Hall–Kier alpha value is -9.37. The molecule has 0 N–H and O–H groups in total. The number of hydrogen-bond donors (Lipinski definition) is 0. The molecule has 0 radical (unpaired) electrons. The van der Waals surface area contributed by atoms with Crippen LogP contribution in [0, 0.1) is 0 Å². The lowest BCUT2D eigenvalue weighted by Crippen LogP contribution is -2.09. The number of anilines is 9. The van der Waals surface area contributed by atoms with Gasteiger partial charge in [0.25, 0.3) is 0 Å². The minimum atomic E-state index is 0.680. The highest BCUT2D eigenvalue weighted by molar-refractivity contribution is 9.11. The summed E-state index contributed by atoms with van der Waals surface area (Å²) in [5.74, 6) is 0. The fourth-order valence-corrected chi connectivity index (χ4v) is 10.0. The van der Waals surface area contributed by atoms with Gasteiger partial charge < -0.3 is 14.7 Å². The van der Waals surface area contributed by atoms with Crippen LogP contribution in [-0.4, -0.2) is 6.29 Å². The van der Waals surface area contributed by atoms with Gasteiger partial charge in [-0.05, 0) is 192 Å². The number of hydrogen-bond acceptors (Lipinski definition) is 4. The van der Waals surface area contributed by atoms with Crippen molar-refractivity contribution in [2.45, 2.75) is 13.3 Å². The molecule has 0 aliphatic heterocycles. The fourth-order valence-electron chi connectivity index (χ4n) is 9.23. The summed E-state index contributed by atoms with van der Waals surface area (Å²) in [6.45, 7) is 2.16. The van der Waals surface area contributed by atoms with Crippen molar-refractivity contribution in [1.82, 2.24) is 0 Å². The Morgan fingerprint density at radius 1 is 0.244 bits per heavy atom. The Balaban J connectivity index is 0.000000145. The molecule has 0 bridgehead atoms. The second-order valence-corrected chi connectivity index (χ2v) is 22.4. The molecule has 0 spiro atoms. The van der Waals surface area contributed by atoms with Crippen LogP contribution in [0.5, 0.6) is 0 Å². The Kier molecular flexibility index (Phi) is 23.2. The van der Waals surface area contributed by atoms with E-state index in [1.807, 2.05) is 84.9 Å². The van der Waals surface area contributed by atoms with E-state index in [4.69, 9.17) is 0 Å². The third-order valence-electron chi connectivity index (χ3n) is 13.7. The quantitative estimate of drug-likeness (QED) is 0.0755. The second-order valence-electron chi connectivity index (χ2n) is 19.7. The van der Waals surface area contributed by atoms with E-state index in [9.17, 15) is 4.79 Å². The average Bonchev–Trinajstić information content (AvgIpc) is 3.58. The Morgan fingerprint density at radius 2 is 0.430 bits per heavy atom. The van der Waals surface area contributed by atoms with Gasteiger partial charge in [-0.25, -0.2) is 0 Å². The zero-order valence-electron chi connectivity index (χ0n) is 47.7. The summed E-state index contributed by atoms with van der Waals surface area (Å²) < 4.78 is 3.34. The number of benzene rings is 12. The lowest BCUT2D eigenvalue weighted by molar-refractivity contribution is 0.112. The number of aldehydes is 1. The first-order valence-electron chi connectivity index (χ1n) is 28.4. The molecule has 0 amide bonds. The molecule has 0 aliphatic carbocycles. The van der Waals surface area contributed by atoms with Crippen LogP contribution in [0.2, 0.25) is 0 Å². The van der Waals surface area contributed by atoms with Crippen LogP contribution in [0.3, 0.4) is 0 Å². The van der Waals surface area contributed by atoms with Gasteiger partial charge in [0.1, 0.15) is 6.29 Å². The van der Waals surface area contributed by atoms with E-state index in [2.05, 4.69) is 336 Å². The lowest BCUT2D eigenvalue weighted by Gasteiger charge is -2.25. The van der Waals surface area contributed by atoms with Crippen LogP contribution in [0.25, 0.3) is 24.3 Å². The third-order valence-corrected chi connectivity index (χ3v) is 15.3. The molecule has 422 valence electrons. The van der Waals surface area contributed by atoms with E-state index >= 15 is 0 Å². The number of aryl methyl sites for hydroxylation is 1. The molecule has 4 nitrogen and oxygen atoms in total. The van der Waals surface area contributed by atoms with E-state index < -0.39 is 0 Å². The first kappa shape index (κ1) is 61.2. The van der Waals surface area contributed by atoms with Gasteiger partial charge in [0.15, 0.2) is 0 Å². The highest BCUT2D eigenvalue weighted by atomic mass is 79.9. The zero-order chi connectivity index (χ0) is 59.6. The molecular formula is C79H64Br3N3O. The molecule has 0 saturated heterocycles. The molecule has 12 aromatic rings. The summed E-state index contributed by atoms with van der Waals surface area (Å²) in [7, 11) is 0. The van der Waals surface area contributed by atoms with Crippen LogP contribution < -0.4 is 14.7 Å². The standard InChI is InChI=1S/2C26H20BrN.C19H15NO.C8H9Br/c2*27-23-17-13-21(14-18-23)11-12-22-15-19-26(20-16-22)28(24-7-3-1-4-8-24)25-9-5-2-6-10-25;21-15-16-11-13-19(14-12-16)20(17-7-3-1-4-8-17)18-9-5-2-6-10-18;1-2-7-3-5-8(9)6-4-7/h2*1-20H;1-15H;3-6H,2H2,1H3/b12-11+;12-11-;;. The van der Waals surface area contributed by atoms with Gasteiger partial charge in [0, 0.05) is 70.2 Å². The highest BCUT2D eigenvalue weighted by Gasteiger charge is 2.14. The molecule has 0 fully saturated rings. The summed E-state index contributed by atoms with van der Waals surface area (Å²) in [5, 5.41) is 0. The molecule has 0 aromatic heterocycles. The van der Waals surface area contributed by atoms with Crippen LogP contribution in [0.1, 0.15) is 45.1 Å². The summed E-state index contributed by atoms with van der Waals surface area (Å²) in [4.78, 5) is 17.5. The number of rotatable bonds is 15. The van der Waals surface area contributed by atoms with Crippen LogP contribution in [-0.2, 0) is 6.42 Å². The van der Waals surface area contributed by atoms with Crippen molar-refractivity contribution in [1.29, 1.82) is 0 Å². The van der Waals surface area contributed by atoms with Gasteiger partial charge in [0.2, 0.25) is 0 Å². The molecule has 12 aromatic carbocycles. The summed E-state index contributed by atoms with van der Waals surface area (Å²) >= 11 is 10.3. The highest BCUT2D eigenvalue weighted by Crippen LogP contribution is 2.37. The Morgan fingerprint density at radius 3 is 0.640 bits per heavy atom. The molecule has 12 rings (SSSR count). The fraction of sp³-hybridized carbons (Fsp3) is 0.0253. The second kappa shape index (κ2) is 32.6. The largest absolute Gasteiger partial charge is 0.311 e. The summed E-state index contributed by atoms with van der Waals surface area (Å²) in [5.41, 5.74) is 16.8. The van der Waals surface area contributed by atoms with Crippen LogP contribution in [0.15, 0.2) is 341 Å². The Bertz CT molecular complexity index is 3650. The van der Waals surface area contributed by atoms with Crippen molar-refractivity contribution in [3.63, 3.8) is 0 Å². The molecule has 0 heterocycles. The Labute approximate surface area is 532 Å². The SMILES string of the molecule is Brc1ccc(/C=C/c2ccc(N(c3ccccc3)c3ccccc3)cc2)cc1.Brc1ccc(/C=C\c2ccc(N(c3ccccc3)c3ccccc3)cc2)cc1.CCc1ccc(Br)cc1.O=Cc1ccc(N(c2ccccc2)c2ccccc2)cc1. The number of carbonyl (C=O) groups is 1. The van der Waals surface area contributed by atoms with E-state index in [0.29, 0.717) is 5.56 Å². The minimum Gasteiger partial charge on any atom is -0.311 e. The van der Waals surface area contributed by atoms with Gasteiger partial charge in [-0.2, -0.15) is 0 Å². The van der Waals surface area contributed by atoms with Gasteiger partial charge in [-0.1, -0.05) is 249 Å². The van der Waals surface area contributed by atoms with Gasteiger partial charge >= 0.3 is 0 Å². The molecule has 0 aliphatic rings. The number of carbonyl (C=O) groups excluding carboxylic acids is 1. The number of para-hydroxylation sites is 6. The predicted octanol–water partition coefficient (Wildman–Crippen LogP) is 24.2. The predicted molar refractivity (Wildman–Crippen MR) is 378 cm³/mol. The van der Waals surface area contributed by atoms with Crippen molar-refractivity contribution >= 4 is 130 Å². The van der Waals surface area contributed by atoms with E-state index in [1.165, 1.54) is 27.8 Å². The van der Waals surface area contributed by atoms with Gasteiger partial charge in [0.05, 0.1) is 0 Å². The topological polar surface area (TPSA) is 26.8 Å². The van der Waals surface area contributed by atoms with E-state index in [0.717, 1.165) is 77.3 Å². The first-order valence-corrected chi connectivity index (χ1v) is 30.8. The van der Waals surface area contributed by atoms with Crippen LogP contribution >= 0.6 is 47.8 Å². The van der Waals surface area contributed by atoms with Gasteiger partial charge in [-0.15, -0.1) is 0 Å². The van der Waals surface area contributed by atoms with Crippen molar-refractivity contribution in [3.05, 3.63) is 374 Å². The van der Waals surface area contributed by atoms with Crippen molar-refractivity contribution in [2.75, 3.05) is 14.7 Å². The normalized spacial score (nSPS) is 10.6. The third kappa shape index (κ3) is 18.3. The molecule has 0 saturated carbocycles. The van der Waals surface area contributed by atoms with E-state index in [1.54, 1.807) is 0 Å². The zero-order valence-corrected chi connectivity index (χ0v) is 52.4.